The smallest absolute Gasteiger partial charge is 0.434 e. The molecule has 0 aliphatic heterocycles. The average Bonchev–Trinajstić information content (AvgIpc) is 2.46. The molecule has 0 aliphatic rings. The molecule has 0 N–H and O–H groups in total. The molecule has 24 heavy (non-hydrogen) atoms. The molecular weight excluding hydrogens is 313 g/mol. The second-order valence-corrected chi connectivity index (χ2v) is 5.87. The van der Waals surface area contributed by atoms with E-state index < -0.39 is 23.5 Å². The number of hydrogen-bond acceptors (Lipinski definition) is 4. The van der Waals surface area contributed by atoms with Gasteiger partial charge in [-0.1, -0.05) is 6.08 Å². The Labute approximate surface area is 141 Å². The predicted molar refractivity (Wildman–Crippen MR) is 89.6 cm³/mol. The van der Waals surface area contributed by atoms with Crippen LogP contribution in [0.5, 0.6) is 0 Å². The number of allylic oxidation sites excluding steroid dienone is 1. The second kappa shape index (κ2) is 8.38. The highest BCUT2D eigenvalue weighted by atomic mass is 19.1. The third-order valence-corrected chi connectivity index (χ3v) is 2.75. The molecule has 1 aromatic rings. The lowest BCUT2D eigenvalue weighted by atomic mass is 10.0. The average molecular weight is 335 g/mol. The van der Waals surface area contributed by atoms with Crippen LogP contribution >= 0.6 is 0 Å². The van der Waals surface area contributed by atoms with Crippen LogP contribution in [0, 0.1) is 5.82 Å². The van der Waals surface area contributed by atoms with E-state index in [1.54, 1.807) is 34.6 Å². The second-order valence-electron chi connectivity index (χ2n) is 5.87. The fourth-order valence-electron chi connectivity index (χ4n) is 1.82. The number of nitrogens with zero attached hydrogens (tertiary/aromatic N) is 1. The minimum absolute atomic E-state index is 0.0743. The van der Waals surface area contributed by atoms with Crippen LogP contribution in [-0.4, -0.2) is 30.0 Å². The van der Waals surface area contributed by atoms with Gasteiger partial charge in [0.15, 0.2) is 0 Å². The summed E-state index contributed by atoms with van der Waals surface area (Å²) in [5.74, 6) is -1.06. The maximum atomic E-state index is 13.2. The maximum absolute atomic E-state index is 13.2. The summed E-state index contributed by atoms with van der Waals surface area (Å²) in [5, 5.41) is 0. The van der Waals surface area contributed by atoms with E-state index in [-0.39, 0.29) is 17.9 Å². The van der Waals surface area contributed by atoms with Crippen molar-refractivity contribution in [1.29, 1.82) is 0 Å². The first kappa shape index (κ1) is 19.5. The van der Waals surface area contributed by atoms with E-state index >= 15 is 0 Å². The van der Waals surface area contributed by atoms with Crippen molar-refractivity contribution < 1.29 is 23.5 Å². The Bertz CT molecular complexity index is 655. The normalized spacial score (nSPS) is 12.8. The topological polar surface area (TPSA) is 65.0 Å². The summed E-state index contributed by atoms with van der Waals surface area (Å²) >= 11 is 0. The number of benzene rings is 1. The monoisotopic (exact) mass is 335 g/mol. The van der Waals surface area contributed by atoms with Gasteiger partial charge in [-0.15, -0.1) is 0 Å². The van der Waals surface area contributed by atoms with E-state index in [1.807, 2.05) is 0 Å². The van der Waals surface area contributed by atoms with Gasteiger partial charge in [-0.25, -0.2) is 14.0 Å². The molecule has 0 saturated heterocycles. The lowest BCUT2D eigenvalue weighted by molar-refractivity contribution is -0.137. The van der Waals surface area contributed by atoms with Crippen LogP contribution in [0.4, 0.5) is 9.18 Å². The quantitative estimate of drug-likeness (QED) is 0.473. The van der Waals surface area contributed by atoms with E-state index in [9.17, 15) is 14.0 Å². The van der Waals surface area contributed by atoms with Crippen LogP contribution in [0.15, 0.2) is 40.9 Å². The van der Waals surface area contributed by atoms with Crippen molar-refractivity contribution in [2.45, 2.75) is 40.2 Å². The standard InChI is InChI=1S/C18H22FNO4/c1-6-14(16(21)23-7-2)15(12-8-10-13(19)11-9-12)20-17(22)24-18(3,4)5/h6,8-11H,7H2,1-5H3/b14-6+,20-15-. The number of esters is 1. The van der Waals surface area contributed by atoms with E-state index in [0.717, 1.165) is 0 Å². The largest absolute Gasteiger partial charge is 0.462 e. The summed E-state index contributed by atoms with van der Waals surface area (Å²) in [6, 6.07) is 5.30. The van der Waals surface area contributed by atoms with Gasteiger partial charge in [0.05, 0.1) is 17.9 Å². The zero-order chi connectivity index (χ0) is 18.3. The van der Waals surface area contributed by atoms with Crippen molar-refractivity contribution in [1.82, 2.24) is 0 Å². The number of hydrogen-bond donors (Lipinski definition) is 0. The fraction of sp³-hybridized carbons (Fsp3) is 0.389. The van der Waals surface area contributed by atoms with E-state index in [4.69, 9.17) is 9.47 Å². The Kier molecular flexibility index (Phi) is 6.82. The molecule has 0 atom stereocenters. The number of carbonyl (C=O) groups excluding carboxylic acids is 2. The molecule has 6 heteroatoms. The van der Waals surface area contributed by atoms with Gasteiger partial charge >= 0.3 is 12.1 Å². The molecule has 1 aromatic carbocycles. The van der Waals surface area contributed by atoms with Gasteiger partial charge in [-0.05, 0) is 58.9 Å². The summed E-state index contributed by atoms with van der Waals surface area (Å²) in [4.78, 5) is 28.1. The Balaban J connectivity index is 3.33. The van der Waals surface area contributed by atoms with Crippen molar-refractivity contribution in [3.05, 3.63) is 47.3 Å². The molecule has 0 aromatic heterocycles. The molecule has 1 amide bonds. The van der Waals surface area contributed by atoms with Crippen LogP contribution in [0.1, 0.15) is 40.2 Å². The summed E-state index contributed by atoms with van der Waals surface area (Å²) in [5.41, 5.74) is -0.142. The first-order chi connectivity index (χ1) is 11.2. The number of amides is 1. The van der Waals surface area contributed by atoms with Gasteiger partial charge in [0, 0.05) is 5.56 Å². The minimum Gasteiger partial charge on any atom is -0.462 e. The number of aliphatic imine (C=N–C) groups is 1. The van der Waals surface area contributed by atoms with Gasteiger partial charge < -0.3 is 9.47 Å². The van der Waals surface area contributed by atoms with Crippen LogP contribution in [-0.2, 0) is 14.3 Å². The maximum Gasteiger partial charge on any atom is 0.434 e. The number of ether oxygens (including phenoxy) is 2. The summed E-state index contributed by atoms with van der Waals surface area (Å²) < 4.78 is 23.3. The molecule has 0 spiro atoms. The minimum atomic E-state index is -0.842. The van der Waals surface area contributed by atoms with Gasteiger partial charge in [-0.3, -0.25) is 0 Å². The molecule has 0 saturated carbocycles. The van der Waals surface area contributed by atoms with Crippen molar-refractivity contribution in [3.8, 4) is 0 Å². The third-order valence-electron chi connectivity index (χ3n) is 2.75. The van der Waals surface area contributed by atoms with Crippen LogP contribution in [0.3, 0.4) is 0 Å². The highest BCUT2D eigenvalue weighted by Crippen LogP contribution is 2.15. The number of halogens is 1. The van der Waals surface area contributed by atoms with E-state index in [2.05, 4.69) is 4.99 Å². The Morgan fingerprint density at radius 1 is 1.21 bits per heavy atom. The Hall–Kier alpha value is -2.50. The molecule has 0 unspecified atom stereocenters. The van der Waals surface area contributed by atoms with E-state index in [0.29, 0.717) is 5.56 Å². The SMILES string of the molecule is C/C=C(C(=O)OCC)\C(=N/C(=O)OC(C)(C)C)c1ccc(F)cc1. The summed E-state index contributed by atoms with van der Waals surface area (Å²) in [6.07, 6.45) is 0.648. The lowest BCUT2D eigenvalue weighted by Crippen LogP contribution is -2.24. The molecule has 0 aliphatic carbocycles. The van der Waals surface area contributed by atoms with Gasteiger partial charge in [-0.2, -0.15) is 4.99 Å². The molecule has 0 heterocycles. The van der Waals surface area contributed by atoms with Gasteiger partial charge in [0.2, 0.25) is 0 Å². The molecule has 0 radical (unpaired) electrons. The van der Waals surface area contributed by atoms with Crippen LogP contribution < -0.4 is 0 Å². The molecule has 130 valence electrons. The third kappa shape index (κ3) is 5.95. The molecule has 0 fully saturated rings. The zero-order valence-electron chi connectivity index (χ0n) is 14.6. The molecule has 5 nitrogen and oxygen atoms in total. The van der Waals surface area contributed by atoms with Crippen molar-refractivity contribution in [2.24, 2.45) is 4.99 Å². The molecule has 1 rings (SSSR count). The summed E-state index contributed by atoms with van der Waals surface area (Å²) in [6.45, 7) is 8.60. The van der Waals surface area contributed by atoms with Crippen LogP contribution in [0.25, 0.3) is 0 Å². The predicted octanol–water partition coefficient (Wildman–Crippen LogP) is 4.06. The van der Waals surface area contributed by atoms with Crippen molar-refractivity contribution in [2.75, 3.05) is 6.61 Å². The first-order valence-corrected chi connectivity index (χ1v) is 7.59. The van der Waals surface area contributed by atoms with Crippen molar-refractivity contribution >= 4 is 17.8 Å². The number of rotatable bonds is 4. The Morgan fingerprint density at radius 3 is 2.25 bits per heavy atom. The van der Waals surface area contributed by atoms with E-state index in [1.165, 1.54) is 30.3 Å². The highest BCUT2D eigenvalue weighted by Gasteiger charge is 2.22. The van der Waals surface area contributed by atoms with Crippen molar-refractivity contribution in [3.63, 3.8) is 0 Å². The first-order valence-electron chi connectivity index (χ1n) is 7.59. The fourth-order valence-corrected chi connectivity index (χ4v) is 1.82. The molecular formula is C18H22FNO4. The molecule has 0 bridgehead atoms. The van der Waals surface area contributed by atoms with Gasteiger partial charge in [0.1, 0.15) is 11.4 Å². The van der Waals surface area contributed by atoms with Gasteiger partial charge in [0.25, 0.3) is 0 Å². The Morgan fingerprint density at radius 2 is 1.79 bits per heavy atom. The summed E-state index contributed by atoms with van der Waals surface area (Å²) in [7, 11) is 0. The highest BCUT2D eigenvalue weighted by molar-refractivity contribution is 6.28. The number of carbonyl (C=O) groups is 2. The van der Waals surface area contributed by atoms with Crippen LogP contribution in [0.2, 0.25) is 0 Å². The lowest BCUT2D eigenvalue weighted by Gasteiger charge is -2.18. The zero-order valence-corrected chi connectivity index (χ0v) is 14.6.